The Hall–Kier alpha value is -2.78. The predicted molar refractivity (Wildman–Crippen MR) is 113 cm³/mol. The minimum Gasteiger partial charge on any atom is -0.502 e. The molecular formula is C19H19Cl2F3N4O4. The van der Waals surface area contributed by atoms with Crippen LogP contribution in [0.25, 0.3) is 0 Å². The van der Waals surface area contributed by atoms with Crippen LogP contribution >= 0.6 is 24.8 Å². The lowest BCUT2D eigenvalue weighted by Gasteiger charge is -2.35. The predicted octanol–water partition coefficient (Wildman–Crippen LogP) is 3.91. The summed E-state index contributed by atoms with van der Waals surface area (Å²) in [5.41, 5.74) is 0.00567. The molecule has 174 valence electrons. The molecule has 13 heteroatoms. The molecule has 1 fully saturated rings. The van der Waals surface area contributed by atoms with Gasteiger partial charge in [0, 0.05) is 37.8 Å². The summed E-state index contributed by atoms with van der Waals surface area (Å²) < 4.78 is 41.2. The Bertz CT molecular complexity index is 978. The van der Waals surface area contributed by atoms with Gasteiger partial charge in [-0.1, -0.05) is 12.1 Å². The summed E-state index contributed by atoms with van der Waals surface area (Å²) in [6.45, 7) is 2.28. The molecule has 0 unspecified atom stereocenters. The van der Waals surface area contributed by atoms with Gasteiger partial charge in [0.25, 0.3) is 0 Å². The Kier molecular flexibility index (Phi) is 9.53. The molecule has 1 heterocycles. The summed E-state index contributed by atoms with van der Waals surface area (Å²) in [6, 6.07) is 8.54. The van der Waals surface area contributed by atoms with Crippen LogP contribution in [0.3, 0.4) is 0 Å². The smallest absolute Gasteiger partial charge is 0.502 e. The van der Waals surface area contributed by atoms with Gasteiger partial charge < -0.3 is 15.2 Å². The van der Waals surface area contributed by atoms with Crippen LogP contribution in [-0.4, -0.2) is 47.5 Å². The number of nitro benzene ring substituents is 1. The van der Waals surface area contributed by atoms with Gasteiger partial charge in [-0.05, 0) is 23.8 Å². The number of hydrogen-bond donors (Lipinski definition) is 2. The molecule has 3 rings (SSSR count). The third kappa shape index (κ3) is 6.37. The summed E-state index contributed by atoms with van der Waals surface area (Å²) in [5, 5.41) is 34.4. The molecule has 1 aliphatic rings. The maximum Gasteiger partial charge on any atom is 0.573 e. The highest BCUT2D eigenvalue weighted by atomic mass is 35.5. The number of benzene rings is 2. The molecule has 1 atom stereocenters. The van der Waals surface area contributed by atoms with Crippen molar-refractivity contribution in [3.63, 3.8) is 0 Å². The van der Waals surface area contributed by atoms with E-state index in [2.05, 4.69) is 10.1 Å². The largest absolute Gasteiger partial charge is 0.573 e. The summed E-state index contributed by atoms with van der Waals surface area (Å²) in [4.78, 5) is 12.5. The van der Waals surface area contributed by atoms with Crippen LogP contribution in [0.1, 0.15) is 22.7 Å². The second-order valence-electron chi connectivity index (χ2n) is 6.61. The number of piperazine rings is 1. The number of rotatable bonds is 5. The number of nitro groups is 1. The minimum absolute atomic E-state index is 0. The highest BCUT2D eigenvalue weighted by Gasteiger charge is 2.33. The van der Waals surface area contributed by atoms with Crippen LogP contribution in [0.4, 0.5) is 18.9 Å². The second kappa shape index (κ2) is 11.2. The molecule has 32 heavy (non-hydrogen) atoms. The number of halogens is 5. The first-order valence-corrected chi connectivity index (χ1v) is 8.91. The molecule has 0 radical (unpaired) electrons. The van der Waals surface area contributed by atoms with Crippen molar-refractivity contribution in [1.82, 2.24) is 10.2 Å². The maximum atomic E-state index is 12.4. The summed E-state index contributed by atoms with van der Waals surface area (Å²) >= 11 is 0. The molecule has 0 spiro atoms. The molecule has 0 aliphatic carbocycles. The summed E-state index contributed by atoms with van der Waals surface area (Å²) in [5.74, 6) is -0.996. The number of alkyl halides is 3. The van der Waals surface area contributed by atoms with E-state index in [4.69, 9.17) is 0 Å². The van der Waals surface area contributed by atoms with Crippen LogP contribution in [-0.2, 0) is 0 Å². The first-order chi connectivity index (χ1) is 14.2. The van der Waals surface area contributed by atoms with Gasteiger partial charge in [-0.15, -0.1) is 38.0 Å². The van der Waals surface area contributed by atoms with Crippen molar-refractivity contribution in [1.29, 1.82) is 5.26 Å². The summed E-state index contributed by atoms with van der Waals surface area (Å²) in [7, 11) is 0. The number of nitriles is 1. The number of nitrogens with zero attached hydrogens (tertiary/aromatic N) is 3. The highest BCUT2D eigenvalue weighted by molar-refractivity contribution is 5.85. The van der Waals surface area contributed by atoms with Gasteiger partial charge in [0.1, 0.15) is 5.75 Å². The molecule has 0 amide bonds. The van der Waals surface area contributed by atoms with E-state index in [0.29, 0.717) is 31.7 Å². The van der Waals surface area contributed by atoms with Crippen molar-refractivity contribution in [3.05, 3.63) is 63.2 Å². The van der Waals surface area contributed by atoms with Crippen LogP contribution in [0, 0.1) is 21.4 Å². The van der Waals surface area contributed by atoms with E-state index >= 15 is 0 Å². The van der Waals surface area contributed by atoms with E-state index in [1.807, 2.05) is 11.0 Å². The number of aromatic hydroxyl groups is 1. The minimum atomic E-state index is -4.83. The average molecular weight is 495 g/mol. The van der Waals surface area contributed by atoms with E-state index < -0.39 is 34.5 Å². The van der Waals surface area contributed by atoms with E-state index in [9.17, 15) is 33.7 Å². The zero-order valence-corrected chi connectivity index (χ0v) is 18.0. The van der Waals surface area contributed by atoms with E-state index in [1.54, 1.807) is 0 Å². The first-order valence-electron chi connectivity index (χ1n) is 8.91. The van der Waals surface area contributed by atoms with Crippen LogP contribution in [0.15, 0.2) is 36.4 Å². The molecular weight excluding hydrogens is 476 g/mol. The zero-order valence-electron chi connectivity index (χ0n) is 16.3. The first kappa shape index (κ1) is 27.3. The Morgan fingerprint density at radius 2 is 1.78 bits per heavy atom. The maximum absolute atomic E-state index is 12.4. The topological polar surface area (TPSA) is 112 Å². The van der Waals surface area contributed by atoms with Gasteiger partial charge >= 0.3 is 12.0 Å². The molecule has 1 aliphatic heterocycles. The molecule has 0 bridgehead atoms. The van der Waals surface area contributed by atoms with Gasteiger partial charge in [-0.3, -0.25) is 15.0 Å². The lowest BCUT2D eigenvalue weighted by molar-refractivity contribution is -0.386. The fraction of sp³-hybridized carbons (Fsp3) is 0.316. The van der Waals surface area contributed by atoms with Gasteiger partial charge in [0.05, 0.1) is 22.6 Å². The van der Waals surface area contributed by atoms with Gasteiger partial charge in [-0.25, -0.2) is 0 Å². The average Bonchev–Trinajstić information content (AvgIpc) is 2.70. The van der Waals surface area contributed by atoms with Gasteiger partial charge in [-0.2, -0.15) is 5.26 Å². The van der Waals surface area contributed by atoms with Crippen molar-refractivity contribution in [2.45, 2.75) is 12.4 Å². The number of phenolic OH excluding ortho intramolecular Hbond substituents is 1. The van der Waals surface area contributed by atoms with Crippen molar-refractivity contribution in [2.24, 2.45) is 0 Å². The van der Waals surface area contributed by atoms with Gasteiger partial charge in [0.15, 0.2) is 5.75 Å². The molecule has 0 aromatic heterocycles. The van der Waals surface area contributed by atoms with E-state index in [1.165, 1.54) is 18.2 Å². The lowest BCUT2D eigenvalue weighted by Crippen LogP contribution is -2.45. The molecule has 8 nitrogen and oxygen atoms in total. The van der Waals surface area contributed by atoms with Crippen molar-refractivity contribution in [2.75, 3.05) is 26.2 Å². The van der Waals surface area contributed by atoms with Crippen LogP contribution < -0.4 is 10.1 Å². The normalized spacial score (nSPS) is 14.9. The van der Waals surface area contributed by atoms with Crippen LogP contribution in [0.2, 0.25) is 0 Å². The summed E-state index contributed by atoms with van der Waals surface area (Å²) in [6.07, 6.45) is -4.83. The van der Waals surface area contributed by atoms with Crippen molar-refractivity contribution >= 4 is 30.5 Å². The Morgan fingerprint density at radius 3 is 2.28 bits per heavy atom. The van der Waals surface area contributed by atoms with E-state index in [0.717, 1.165) is 18.2 Å². The number of hydrogen-bond acceptors (Lipinski definition) is 7. The third-order valence-electron chi connectivity index (χ3n) is 4.69. The van der Waals surface area contributed by atoms with Crippen molar-refractivity contribution in [3.8, 4) is 17.6 Å². The molecule has 2 aromatic rings. The van der Waals surface area contributed by atoms with Gasteiger partial charge in [0.2, 0.25) is 0 Å². The highest BCUT2D eigenvalue weighted by Crippen LogP contribution is 2.41. The quantitative estimate of drug-likeness (QED) is 0.478. The number of ether oxygens (including phenoxy) is 1. The monoisotopic (exact) mass is 494 g/mol. The van der Waals surface area contributed by atoms with Crippen molar-refractivity contribution < 1.29 is 27.9 Å². The third-order valence-corrected chi connectivity index (χ3v) is 4.69. The second-order valence-corrected chi connectivity index (χ2v) is 6.61. The number of phenols is 1. The zero-order chi connectivity index (χ0) is 21.9. The fourth-order valence-corrected chi connectivity index (χ4v) is 3.43. The fourth-order valence-electron chi connectivity index (χ4n) is 3.43. The Labute approximate surface area is 193 Å². The van der Waals surface area contributed by atoms with E-state index in [-0.39, 0.29) is 35.9 Å². The SMILES string of the molecule is Cl.Cl.N#Cc1cc([C@@H](c2ccc(OC(F)(F)F)cc2)N2CCNCC2)c(O)c([N+](=O)[O-])c1. The number of nitrogens with one attached hydrogen (secondary N) is 1. The van der Waals surface area contributed by atoms with Crippen LogP contribution in [0.5, 0.6) is 11.5 Å². The molecule has 2 N–H and O–H groups in total. The Balaban J connectivity index is 0.00000256. The molecule has 1 saturated heterocycles. The standard InChI is InChI=1S/C19H17F3N4O4.2ClH/c20-19(21,22)30-14-3-1-13(2-4-14)17(25-7-5-24-6-8-25)15-9-12(11-23)10-16(18(15)27)26(28)29;;/h1-4,9-10,17,24,27H,5-8H2;2*1H/t17-;;/m1../s1. The molecule has 0 saturated carbocycles. The Morgan fingerprint density at radius 1 is 1.19 bits per heavy atom. The lowest BCUT2D eigenvalue weighted by atomic mass is 9.93. The molecule has 2 aromatic carbocycles.